The van der Waals surface area contributed by atoms with E-state index in [-0.39, 0.29) is 0 Å². The molecule has 0 N–H and O–H groups in total. The number of nitriles is 2. The number of benzene rings is 6. The molecule has 0 spiro atoms. The minimum atomic E-state index is 0.552. The van der Waals surface area contributed by atoms with E-state index in [1.165, 1.54) is 35.6 Å². The summed E-state index contributed by atoms with van der Waals surface area (Å²) in [5.41, 5.74) is 6.65. The molecule has 194 valence electrons. The predicted molar refractivity (Wildman–Crippen MR) is 178 cm³/mol. The molecule has 0 amide bonds. The van der Waals surface area contributed by atoms with Gasteiger partial charge in [-0.3, -0.25) is 0 Å². The van der Waals surface area contributed by atoms with E-state index in [0.717, 1.165) is 38.1 Å². The number of rotatable bonds is 3. The molecular formula is C38H20N2S2. The van der Waals surface area contributed by atoms with E-state index in [0.29, 0.717) is 11.1 Å². The van der Waals surface area contributed by atoms with E-state index in [1.807, 2.05) is 24.3 Å². The maximum Gasteiger partial charge on any atom is 0.100 e. The number of nitrogens with zero attached hydrogens (tertiary/aromatic N) is 2. The van der Waals surface area contributed by atoms with Gasteiger partial charge in [-0.15, -0.1) is 22.7 Å². The van der Waals surface area contributed by atoms with E-state index in [2.05, 4.69) is 109 Å². The Morgan fingerprint density at radius 1 is 0.405 bits per heavy atom. The van der Waals surface area contributed by atoms with Gasteiger partial charge in [0, 0.05) is 68.2 Å². The molecular weight excluding hydrogens is 549 g/mol. The molecule has 0 atom stereocenters. The predicted octanol–water partition coefficient (Wildman–Crippen LogP) is 11.2. The minimum Gasteiger partial charge on any atom is -0.192 e. The van der Waals surface area contributed by atoms with Crippen molar-refractivity contribution >= 4 is 63.0 Å². The van der Waals surface area contributed by atoms with Crippen LogP contribution in [0.15, 0.2) is 121 Å². The summed E-state index contributed by atoms with van der Waals surface area (Å²) in [5, 5.41) is 25.9. The summed E-state index contributed by atoms with van der Waals surface area (Å²) < 4.78 is 4.79. The highest BCUT2D eigenvalue weighted by atomic mass is 32.1. The van der Waals surface area contributed by atoms with Gasteiger partial charge in [-0.1, -0.05) is 103 Å². The molecule has 0 fully saturated rings. The van der Waals surface area contributed by atoms with E-state index in [4.69, 9.17) is 0 Å². The molecule has 4 heteroatoms. The van der Waals surface area contributed by atoms with Crippen molar-refractivity contribution in [2.75, 3.05) is 0 Å². The fraction of sp³-hybridized carbons (Fsp3) is 0. The highest BCUT2D eigenvalue weighted by molar-refractivity contribution is 7.26. The summed E-state index contributed by atoms with van der Waals surface area (Å²) in [7, 11) is 0. The van der Waals surface area contributed by atoms with Gasteiger partial charge in [0.1, 0.15) is 6.07 Å². The van der Waals surface area contributed by atoms with E-state index in [9.17, 15) is 10.5 Å². The van der Waals surface area contributed by atoms with Crippen molar-refractivity contribution in [3.05, 3.63) is 132 Å². The largest absolute Gasteiger partial charge is 0.192 e. The highest BCUT2D eigenvalue weighted by Crippen LogP contribution is 2.48. The SMILES string of the molecule is N#Cc1ccccc1-c1c(-c2cccc3c2sc2ccccc23)ccc(-c2cccc3c2sc2ccccc23)c1C#N. The van der Waals surface area contributed by atoms with Crippen LogP contribution in [0.4, 0.5) is 0 Å². The van der Waals surface area contributed by atoms with Crippen LogP contribution in [0, 0.1) is 22.7 Å². The van der Waals surface area contributed by atoms with E-state index < -0.39 is 0 Å². The molecule has 8 rings (SSSR count). The third-order valence-corrected chi connectivity index (χ3v) is 10.5. The van der Waals surface area contributed by atoms with Gasteiger partial charge in [-0.2, -0.15) is 10.5 Å². The summed E-state index contributed by atoms with van der Waals surface area (Å²) in [6.07, 6.45) is 0. The zero-order valence-corrected chi connectivity index (χ0v) is 23.9. The molecule has 0 radical (unpaired) electrons. The van der Waals surface area contributed by atoms with Gasteiger partial charge < -0.3 is 0 Å². The molecule has 0 saturated heterocycles. The molecule has 0 aliphatic carbocycles. The van der Waals surface area contributed by atoms with Crippen molar-refractivity contribution in [1.29, 1.82) is 10.5 Å². The van der Waals surface area contributed by atoms with Gasteiger partial charge in [0.05, 0.1) is 17.2 Å². The second-order valence-electron chi connectivity index (χ2n) is 10.2. The average molecular weight is 569 g/mol. The summed E-state index contributed by atoms with van der Waals surface area (Å²) in [6, 6.07) is 46.5. The molecule has 42 heavy (non-hydrogen) atoms. The maximum atomic E-state index is 10.9. The van der Waals surface area contributed by atoms with Gasteiger partial charge in [-0.25, -0.2) is 0 Å². The third kappa shape index (κ3) is 3.60. The molecule has 8 aromatic rings. The normalized spacial score (nSPS) is 11.3. The van der Waals surface area contributed by atoms with Crippen LogP contribution in [-0.2, 0) is 0 Å². The number of fused-ring (bicyclic) bond motifs is 6. The molecule has 0 bridgehead atoms. The Bertz CT molecular complexity index is 2450. The first-order valence-corrected chi connectivity index (χ1v) is 15.3. The van der Waals surface area contributed by atoms with Crippen LogP contribution in [0.5, 0.6) is 0 Å². The van der Waals surface area contributed by atoms with Gasteiger partial charge in [-0.05, 0) is 23.8 Å². The van der Waals surface area contributed by atoms with Crippen LogP contribution in [0.2, 0.25) is 0 Å². The summed E-state index contributed by atoms with van der Waals surface area (Å²) in [6.45, 7) is 0. The van der Waals surface area contributed by atoms with Crippen LogP contribution in [0.25, 0.3) is 73.7 Å². The van der Waals surface area contributed by atoms with E-state index >= 15 is 0 Å². The number of hydrogen-bond donors (Lipinski definition) is 0. The van der Waals surface area contributed by atoms with Gasteiger partial charge >= 0.3 is 0 Å². The van der Waals surface area contributed by atoms with Crippen LogP contribution < -0.4 is 0 Å². The molecule has 0 aliphatic rings. The monoisotopic (exact) mass is 568 g/mol. The zero-order chi connectivity index (χ0) is 28.2. The third-order valence-electron chi connectivity index (χ3n) is 8.02. The van der Waals surface area contributed by atoms with Gasteiger partial charge in [0.15, 0.2) is 0 Å². The first kappa shape index (κ1) is 24.5. The Labute approximate surface area is 250 Å². The summed E-state index contributed by atoms with van der Waals surface area (Å²) in [5.74, 6) is 0. The average Bonchev–Trinajstić information content (AvgIpc) is 3.63. The lowest BCUT2D eigenvalue weighted by atomic mass is 9.84. The first-order chi connectivity index (χ1) is 20.8. The lowest BCUT2D eigenvalue weighted by molar-refractivity contribution is 1.45. The fourth-order valence-electron chi connectivity index (χ4n) is 6.16. The summed E-state index contributed by atoms with van der Waals surface area (Å²) >= 11 is 3.53. The Balaban J connectivity index is 1.49. The topological polar surface area (TPSA) is 47.6 Å². The Hall–Kier alpha value is -5.26. The molecule has 0 unspecified atom stereocenters. The molecule has 2 heterocycles. The van der Waals surface area contributed by atoms with Crippen LogP contribution >= 0.6 is 22.7 Å². The second-order valence-corrected chi connectivity index (χ2v) is 12.3. The van der Waals surface area contributed by atoms with Crippen LogP contribution in [-0.4, -0.2) is 0 Å². The lowest BCUT2D eigenvalue weighted by Gasteiger charge is -2.18. The zero-order valence-electron chi connectivity index (χ0n) is 22.3. The van der Waals surface area contributed by atoms with Crippen LogP contribution in [0.3, 0.4) is 0 Å². The number of thiophene rings is 2. The molecule has 2 aromatic heterocycles. The molecule has 6 aromatic carbocycles. The summed E-state index contributed by atoms with van der Waals surface area (Å²) in [4.78, 5) is 0. The standard InChI is InChI=1S/C38H20N2S2/c39-21-23-9-1-2-10-24(23)36-28(32-16-8-15-31-27-12-4-6-18-35(27)42-38(31)32)20-19-25(33(36)22-40)29-13-7-14-30-26-11-3-5-17-34(26)41-37(29)30/h1-20H. The quantitative estimate of drug-likeness (QED) is 0.213. The highest BCUT2D eigenvalue weighted by Gasteiger charge is 2.23. The Morgan fingerprint density at radius 2 is 0.905 bits per heavy atom. The minimum absolute atomic E-state index is 0.552. The van der Waals surface area contributed by atoms with Crippen molar-refractivity contribution in [3.63, 3.8) is 0 Å². The molecule has 0 saturated carbocycles. The van der Waals surface area contributed by atoms with Gasteiger partial charge in [0.2, 0.25) is 0 Å². The van der Waals surface area contributed by atoms with Gasteiger partial charge in [0.25, 0.3) is 0 Å². The van der Waals surface area contributed by atoms with Crippen molar-refractivity contribution in [2.24, 2.45) is 0 Å². The van der Waals surface area contributed by atoms with E-state index in [1.54, 1.807) is 22.7 Å². The smallest absolute Gasteiger partial charge is 0.100 e. The fourth-order valence-corrected chi connectivity index (χ4v) is 8.63. The number of hydrogen-bond acceptors (Lipinski definition) is 4. The Morgan fingerprint density at radius 3 is 1.52 bits per heavy atom. The van der Waals surface area contributed by atoms with Crippen molar-refractivity contribution in [1.82, 2.24) is 0 Å². The molecule has 0 aliphatic heterocycles. The van der Waals surface area contributed by atoms with Crippen molar-refractivity contribution in [2.45, 2.75) is 0 Å². The molecule has 2 nitrogen and oxygen atoms in total. The Kier molecular flexibility index (Phi) is 5.66. The lowest BCUT2D eigenvalue weighted by Crippen LogP contribution is -1.96. The van der Waals surface area contributed by atoms with Crippen molar-refractivity contribution < 1.29 is 0 Å². The maximum absolute atomic E-state index is 10.9. The first-order valence-electron chi connectivity index (χ1n) is 13.6. The second kappa shape index (κ2) is 9.68. The van der Waals surface area contributed by atoms with Crippen LogP contribution in [0.1, 0.15) is 11.1 Å². The van der Waals surface area contributed by atoms with Crippen molar-refractivity contribution in [3.8, 4) is 45.5 Å².